The summed E-state index contributed by atoms with van der Waals surface area (Å²) in [6.07, 6.45) is 3.27. The Kier molecular flexibility index (Phi) is 7.88. The highest BCUT2D eigenvalue weighted by Gasteiger charge is 2.34. The van der Waals surface area contributed by atoms with Gasteiger partial charge in [0.1, 0.15) is 5.82 Å². The van der Waals surface area contributed by atoms with E-state index in [0.29, 0.717) is 24.3 Å². The van der Waals surface area contributed by atoms with Crippen molar-refractivity contribution in [1.29, 1.82) is 0 Å². The second-order valence-corrected chi connectivity index (χ2v) is 9.83. The first-order valence-electron chi connectivity index (χ1n) is 12.0. The number of carbonyl (C=O) groups excluding carboxylic acids is 2. The highest BCUT2D eigenvalue weighted by atomic mass is 35.5. The molecule has 0 fully saturated rings. The number of hydrogen-bond donors (Lipinski definition) is 2. The predicted molar refractivity (Wildman–Crippen MR) is 138 cm³/mol. The molecule has 2 N–H and O–H groups in total. The molecule has 2 aromatic carbocycles. The maximum Gasteiger partial charge on any atom is 0.338 e. The molecule has 0 bridgehead atoms. The number of benzene rings is 2. The van der Waals surface area contributed by atoms with Crippen molar-refractivity contribution < 1.29 is 14.0 Å². The topological polar surface area (TPSA) is 89.4 Å². The van der Waals surface area contributed by atoms with Gasteiger partial charge < -0.3 is 10.6 Å². The summed E-state index contributed by atoms with van der Waals surface area (Å²) in [4.78, 5) is 25.8. The van der Waals surface area contributed by atoms with Crippen LogP contribution >= 0.6 is 11.6 Å². The third-order valence-corrected chi connectivity index (χ3v) is 6.27. The molecule has 0 aliphatic carbocycles. The quantitative estimate of drug-likeness (QED) is 0.526. The van der Waals surface area contributed by atoms with Crippen molar-refractivity contribution in [1.82, 2.24) is 20.7 Å². The average molecular weight is 513 g/mol. The zero-order chi connectivity index (χ0) is 25.8. The average Bonchev–Trinajstić information content (AvgIpc) is 3.47. The van der Waals surface area contributed by atoms with Gasteiger partial charge in [-0.25, -0.2) is 24.0 Å². The van der Waals surface area contributed by atoms with Crippen LogP contribution in [0.5, 0.6) is 0 Å². The van der Waals surface area contributed by atoms with Gasteiger partial charge in [0, 0.05) is 48.3 Å². The number of nitrogens with zero attached hydrogens (tertiary/aromatic N) is 4. The molecule has 3 atom stereocenters. The van der Waals surface area contributed by atoms with Crippen molar-refractivity contribution >= 4 is 35.6 Å². The van der Waals surface area contributed by atoms with Crippen LogP contribution in [0.15, 0.2) is 58.7 Å². The number of hydrazone groups is 2. The van der Waals surface area contributed by atoms with Crippen molar-refractivity contribution in [2.24, 2.45) is 10.2 Å². The normalized spacial score (nSPS) is 20.0. The van der Waals surface area contributed by atoms with Crippen molar-refractivity contribution in [3.05, 3.63) is 70.5 Å². The molecule has 0 saturated heterocycles. The molecular weight excluding hydrogens is 483 g/mol. The molecule has 2 aliphatic heterocycles. The van der Waals surface area contributed by atoms with Gasteiger partial charge in [-0.05, 0) is 56.2 Å². The minimum atomic E-state index is -0.349. The van der Waals surface area contributed by atoms with Crippen molar-refractivity contribution in [2.75, 3.05) is 0 Å². The lowest BCUT2D eigenvalue weighted by Gasteiger charge is -2.24. The summed E-state index contributed by atoms with van der Waals surface area (Å²) in [5.74, 6) is -0.340. The number of urea groups is 2. The molecular formula is C26H30ClFN6O2. The number of nitrogens with one attached hydrogen (secondary N) is 2. The molecule has 0 radical (unpaired) electrons. The summed E-state index contributed by atoms with van der Waals surface area (Å²) in [7, 11) is 0. The Morgan fingerprint density at radius 3 is 2.44 bits per heavy atom. The van der Waals surface area contributed by atoms with E-state index in [1.807, 2.05) is 39.0 Å². The van der Waals surface area contributed by atoms with Crippen LogP contribution in [0.4, 0.5) is 14.0 Å². The van der Waals surface area contributed by atoms with E-state index < -0.39 is 0 Å². The van der Waals surface area contributed by atoms with Crippen molar-refractivity contribution in [3.8, 4) is 0 Å². The zero-order valence-electron chi connectivity index (χ0n) is 20.5. The zero-order valence-corrected chi connectivity index (χ0v) is 21.2. The van der Waals surface area contributed by atoms with Crippen LogP contribution < -0.4 is 10.6 Å². The summed E-state index contributed by atoms with van der Waals surface area (Å²) in [5, 5.41) is 18.1. The van der Waals surface area contributed by atoms with Gasteiger partial charge in [-0.1, -0.05) is 35.9 Å². The molecule has 4 amide bonds. The number of hydrogen-bond acceptors (Lipinski definition) is 4. The summed E-state index contributed by atoms with van der Waals surface area (Å²) >= 11 is 6.13. The summed E-state index contributed by atoms with van der Waals surface area (Å²) in [5.41, 5.74) is 2.48. The van der Waals surface area contributed by atoms with Gasteiger partial charge in [-0.15, -0.1) is 0 Å². The van der Waals surface area contributed by atoms with E-state index in [1.165, 1.54) is 22.2 Å². The first kappa shape index (κ1) is 25.6. The van der Waals surface area contributed by atoms with Crippen LogP contribution in [0.2, 0.25) is 5.02 Å². The molecule has 8 nitrogen and oxygen atoms in total. The van der Waals surface area contributed by atoms with Gasteiger partial charge in [0.05, 0.1) is 12.1 Å². The lowest BCUT2D eigenvalue weighted by atomic mass is 9.99. The van der Waals surface area contributed by atoms with Crippen LogP contribution in [0, 0.1) is 5.82 Å². The Balaban J connectivity index is 1.43. The molecule has 190 valence electrons. The molecule has 3 unspecified atom stereocenters. The summed E-state index contributed by atoms with van der Waals surface area (Å²) in [6.45, 7) is 5.64. The van der Waals surface area contributed by atoms with E-state index in [4.69, 9.17) is 11.6 Å². The highest BCUT2D eigenvalue weighted by Crippen LogP contribution is 2.33. The molecule has 2 heterocycles. The first-order valence-corrected chi connectivity index (χ1v) is 12.4. The van der Waals surface area contributed by atoms with E-state index in [2.05, 4.69) is 20.8 Å². The maximum absolute atomic E-state index is 13.5. The standard InChI is InChI=1S/C26H30ClFN6O2/c1-16(2)30-25(35)34-24(18-7-9-21(28)10-8-18)15-22(32-34)13-17(3)31-26(36)33-23(11-12-29-33)19-5-4-6-20(27)14-19/h4-10,12,14,16-17,23-24H,11,13,15H2,1-3H3,(H,30,35)(H,31,36). The van der Waals surface area contributed by atoms with Crippen LogP contribution in [-0.2, 0) is 0 Å². The SMILES string of the molecule is CC(C)NC(=O)N1N=C(CC(C)NC(=O)N2N=CCC2c2cccc(Cl)c2)CC1c1ccc(F)cc1. The van der Waals surface area contributed by atoms with Crippen molar-refractivity contribution in [3.63, 3.8) is 0 Å². The van der Waals surface area contributed by atoms with Crippen LogP contribution in [0.3, 0.4) is 0 Å². The molecule has 2 aliphatic rings. The van der Waals surface area contributed by atoms with E-state index in [-0.39, 0.29) is 42.0 Å². The molecule has 2 aromatic rings. The molecule has 0 aromatic heterocycles. The lowest BCUT2D eigenvalue weighted by molar-refractivity contribution is 0.182. The Hall–Kier alpha value is -3.46. The number of amides is 4. The second-order valence-electron chi connectivity index (χ2n) is 9.39. The maximum atomic E-state index is 13.5. The molecule has 0 saturated carbocycles. The minimum absolute atomic E-state index is 0.0581. The fraction of sp³-hybridized carbons (Fsp3) is 0.385. The predicted octanol–water partition coefficient (Wildman–Crippen LogP) is 5.62. The fourth-order valence-corrected chi connectivity index (χ4v) is 4.62. The Morgan fingerprint density at radius 2 is 1.75 bits per heavy atom. The fourth-order valence-electron chi connectivity index (χ4n) is 4.42. The summed E-state index contributed by atoms with van der Waals surface area (Å²) in [6, 6.07) is 12.0. The first-order chi connectivity index (χ1) is 17.2. The Bertz CT molecular complexity index is 1170. The van der Waals surface area contributed by atoms with Gasteiger partial charge in [0.2, 0.25) is 0 Å². The Labute approximate surface area is 215 Å². The molecule has 10 heteroatoms. The van der Waals surface area contributed by atoms with Gasteiger partial charge in [-0.2, -0.15) is 10.2 Å². The smallest absolute Gasteiger partial charge is 0.334 e. The van der Waals surface area contributed by atoms with Gasteiger partial charge >= 0.3 is 12.1 Å². The van der Waals surface area contributed by atoms with E-state index in [0.717, 1.165) is 16.8 Å². The monoisotopic (exact) mass is 512 g/mol. The van der Waals surface area contributed by atoms with E-state index in [9.17, 15) is 14.0 Å². The highest BCUT2D eigenvalue weighted by molar-refractivity contribution is 6.30. The molecule has 36 heavy (non-hydrogen) atoms. The van der Waals surface area contributed by atoms with Crippen LogP contribution in [0.25, 0.3) is 0 Å². The number of halogens is 2. The van der Waals surface area contributed by atoms with E-state index in [1.54, 1.807) is 24.4 Å². The minimum Gasteiger partial charge on any atom is -0.334 e. The van der Waals surface area contributed by atoms with Crippen LogP contribution in [0.1, 0.15) is 63.2 Å². The lowest BCUT2D eigenvalue weighted by Crippen LogP contribution is -2.42. The third kappa shape index (κ3) is 6.02. The van der Waals surface area contributed by atoms with E-state index >= 15 is 0 Å². The Morgan fingerprint density at radius 1 is 1.03 bits per heavy atom. The number of carbonyl (C=O) groups is 2. The second kappa shape index (κ2) is 11.1. The van der Waals surface area contributed by atoms with Gasteiger partial charge in [0.25, 0.3) is 0 Å². The number of rotatable bonds is 6. The van der Waals surface area contributed by atoms with Gasteiger partial charge in [0.15, 0.2) is 0 Å². The van der Waals surface area contributed by atoms with Gasteiger partial charge in [-0.3, -0.25) is 0 Å². The third-order valence-electron chi connectivity index (χ3n) is 6.03. The summed E-state index contributed by atoms with van der Waals surface area (Å²) < 4.78 is 13.5. The largest absolute Gasteiger partial charge is 0.338 e. The molecule has 4 rings (SSSR count). The van der Waals surface area contributed by atoms with Crippen molar-refractivity contribution in [2.45, 2.75) is 64.2 Å². The molecule has 0 spiro atoms. The van der Waals surface area contributed by atoms with Crippen LogP contribution in [-0.4, -0.2) is 46.1 Å².